The number of benzene rings is 1. The highest BCUT2D eigenvalue weighted by Crippen LogP contribution is 2.15. The highest BCUT2D eigenvalue weighted by molar-refractivity contribution is 5.74. The predicted octanol–water partition coefficient (Wildman–Crippen LogP) is 2.07. The number of rotatable bonds is 11. The fraction of sp³-hybridized carbons (Fsp3) is 0.588. The van der Waals surface area contributed by atoms with Crippen LogP contribution in [0.2, 0.25) is 0 Å². The largest absolute Gasteiger partial charge is 0.493 e. The van der Waals surface area contributed by atoms with Crippen molar-refractivity contribution in [2.24, 2.45) is 0 Å². The van der Waals surface area contributed by atoms with E-state index in [1.165, 1.54) is 0 Å². The third-order valence-electron chi connectivity index (χ3n) is 3.37. The maximum Gasteiger partial charge on any atom is 0.317 e. The van der Waals surface area contributed by atoms with Gasteiger partial charge in [-0.1, -0.05) is 18.2 Å². The first-order valence-electron chi connectivity index (χ1n) is 7.88. The molecule has 2 amide bonds. The van der Waals surface area contributed by atoms with Gasteiger partial charge in [0.05, 0.1) is 19.8 Å². The highest BCUT2D eigenvalue weighted by atomic mass is 16.5. The Bertz CT molecular complexity index is 446. The summed E-state index contributed by atoms with van der Waals surface area (Å²) in [5.74, 6) is 0.889. The molecule has 0 saturated heterocycles. The van der Waals surface area contributed by atoms with Gasteiger partial charge in [0, 0.05) is 33.9 Å². The maximum atomic E-state index is 12.1. The number of ether oxygens (including phenoxy) is 3. The Balaban J connectivity index is 2.24. The monoisotopic (exact) mass is 324 g/mol. The molecule has 0 fully saturated rings. The SMILES string of the molecule is COCCN(CCOC)C(=O)NCCCOc1ccccc1C. The molecule has 0 unspecified atom stereocenters. The highest BCUT2D eigenvalue weighted by Gasteiger charge is 2.12. The van der Waals surface area contributed by atoms with E-state index >= 15 is 0 Å². The van der Waals surface area contributed by atoms with Crippen molar-refractivity contribution >= 4 is 6.03 Å². The number of nitrogens with zero attached hydrogens (tertiary/aromatic N) is 1. The topological polar surface area (TPSA) is 60.0 Å². The molecule has 1 rings (SSSR count). The van der Waals surface area contributed by atoms with Gasteiger partial charge in [0.2, 0.25) is 0 Å². The van der Waals surface area contributed by atoms with E-state index in [0.29, 0.717) is 39.5 Å². The minimum absolute atomic E-state index is 0.102. The third-order valence-corrected chi connectivity index (χ3v) is 3.37. The quantitative estimate of drug-likeness (QED) is 0.633. The second kappa shape index (κ2) is 11.7. The lowest BCUT2D eigenvalue weighted by atomic mass is 10.2. The lowest BCUT2D eigenvalue weighted by molar-refractivity contribution is 0.122. The number of aryl methyl sites for hydroxylation is 1. The minimum atomic E-state index is -0.102. The Morgan fingerprint density at radius 1 is 1.09 bits per heavy atom. The van der Waals surface area contributed by atoms with Gasteiger partial charge < -0.3 is 24.4 Å². The number of urea groups is 1. The van der Waals surface area contributed by atoms with Crippen LogP contribution in [0.1, 0.15) is 12.0 Å². The van der Waals surface area contributed by atoms with Crippen LogP contribution in [-0.4, -0.2) is 64.6 Å². The molecule has 130 valence electrons. The molecule has 0 aliphatic heterocycles. The van der Waals surface area contributed by atoms with E-state index in [1.54, 1.807) is 19.1 Å². The third kappa shape index (κ3) is 7.85. The van der Waals surface area contributed by atoms with Gasteiger partial charge in [0.1, 0.15) is 5.75 Å². The van der Waals surface area contributed by atoms with E-state index in [0.717, 1.165) is 17.7 Å². The predicted molar refractivity (Wildman–Crippen MR) is 90.0 cm³/mol. The van der Waals surface area contributed by atoms with Crippen molar-refractivity contribution in [1.82, 2.24) is 10.2 Å². The van der Waals surface area contributed by atoms with E-state index in [4.69, 9.17) is 14.2 Å². The van der Waals surface area contributed by atoms with Crippen LogP contribution >= 0.6 is 0 Å². The van der Waals surface area contributed by atoms with Crippen molar-refractivity contribution in [2.45, 2.75) is 13.3 Å². The van der Waals surface area contributed by atoms with Crippen LogP contribution in [0.4, 0.5) is 4.79 Å². The Morgan fingerprint density at radius 2 is 1.74 bits per heavy atom. The van der Waals surface area contributed by atoms with Gasteiger partial charge in [-0.25, -0.2) is 4.79 Å². The van der Waals surface area contributed by atoms with Gasteiger partial charge >= 0.3 is 6.03 Å². The zero-order valence-corrected chi connectivity index (χ0v) is 14.3. The summed E-state index contributed by atoms with van der Waals surface area (Å²) in [6.45, 7) is 5.26. The summed E-state index contributed by atoms with van der Waals surface area (Å²) in [6.07, 6.45) is 0.752. The van der Waals surface area contributed by atoms with Gasteiger partial charge in [-0.3, -0.25) is 0 Å². The van der Waals surface area contributed by atoms with Gasteiger partial charge in [-0.15, -0.1) is 0 Å². The molecule has 0 radical (unpaired) electrons. The summed E-state index contributed by atoms with van der Waals surface area (Å²) in [7, 11) is 3.24. The number of carbonyl (C=O) groups excluding carboxylic acids is 1. The fourth-order valence-electron chi connectivity index (χ4n) is 2.00. The number of para-hydroxylation sites is 1. The first-order valence-corrected chi connectivity index (χ1v) is 7.88. The smallest absolute Gasteiger partial charge is 0.317 e. The molecule has 0 atom stereocenters. The minimum Gasteiger partial charge on any atom is -0.493 e. The van der Waals surface area contributed by atoms with Gasteiger partial charge in [0.25, 0.3) is 0 Å². The number of carbonyl (C=O) groups is 1. The molecule has 0 aliphatic carbocycles. The first kappa shape index (κ1) is 19.3. The van der Waals surface area contributed by atoms with Crippen LogP contribution in [0, 0.1) is 6.92 Å². The number of methoxy groups -OCH3 is 2. The number of hydrogen-bond acceptors (Lipinski definition) is 4. The number of hydrogen-bond donors (Lipinski definition) is 1. The fourth-order valence-corrected chi connectivity index (χ4v) is 2.00. The summed E-state index contributed by atoms with van der Waals surface area (Å²) in [5.41, 5.74) is 1.11. The zero-order valence-electron chi connectivity index (χ0n) is 14.3. The van der Waals surface area contributed by atoms with Crippen molar-refractivity contribution in [2.75, 3.05) is 53.7 Å². The van der Waals surface area contributed by atoms with Crippen LogP contribution < -0.4 is 10.1 Å². The lowest BCUT2D eigenvalue weighted by Gasteiger charge is -2.22. The summed E-state index contributed by atoms with van der Waals surface area (Å²) in [5, 5.41) is 2.90. The van der Waals surface area contributed by atoms with E-state index < -0.39 is 0 Å². The van der Waals surface area contributed by atoms with E-state index in [-0.39, 0.29) is 6.03 Å². The Labute approximate surface area is 138 Å². The van der Waals surface area contributed by atoms with Crippen LogP contribution in [0.15, 0.2) is 24.3 Å². The molecule has 0 aromatic heterocycles. The van der Waals surface area contributed by atoms with Crippen LogP contribution in [0.5, 0.6) is 5.75 Å². The Kier molecular flexibility index (Phi) is 9.83. The van der Waals surface area contributed by atoms with Crippen LogP contribution in [0.3, 0.4) is 0 Å². The Hall–Kier alpha value is -1.79. The molecule has 1 aromatic carbocycles. The van der Waals surface area contributed by atoms with Gasteiger partial charge in [-0.05, 0) is 25.0 Å². The summed E-state index contributed by atoms with van der Waals surface area (Å²) < 4.78 is 15.8. The standard InChI is InChI=1S/C17H28N2O4/c1-15-7-4-5-8-16(15)23-12-6-9-18-17(20)19(10-13-21-2)11-14-22-3/h4-5,7-8H,6,9-14H2,1-3H3,(H,18,20). The van der Waals surface area contributed by atoms with Crippen molar-refractivity contribution in [3.8, 4) is 5.75 Å². The maximum absolute atomic E-state index is 12.1. The van der Waals surface area contributed by atoms with E-state index in [1.807, 2.05) is 31.2 Å². The van der Waals surface area contributed by atoms with Gasteiger partial charge in [0.15, 0.2) is 0 Å². The average Bonchev–Trinajstić information content (AvgIpc) is 2.56. The molecule has 0 aliphatic rings. The molecular formula is C17H28N2O4. The van der Waals surface area contributed by atoms with Crippen molar-refractivity contribution in [3.63, 3.8) is 0 Å². The van der Waals surface area contributed by atoms with Crippen molar-refractivity contribution in [1.29, 1.82) is 0 Å². The average molecular weight is 324 g/mol. The first-order chi connectivity index (χ1) is 11.2. The Morgan fingerprint density at radius 3 is 2.35 bits per heavy atom. The van der Waals surface area contributed by atoms with Gasteiger partial charge in [-0.2, -0.15) is 0 Å². The molecule has 6 nitrogen and oxygen atoms in total. The number of nitrogens with one attached hydrogen (secondary N) is 1. The molecule has 23 heavy (non-hydrogen) atoms. The van der Waals surface area contributed by atoms with Crippen LogP contribution in [-0.2, 0) is 9.47 Å². The van der Waals surface area contributed by atoms with E-state index in [2.05, 4.69) is 5.32 Å². The van der Waals surface area contributed by atoms with E-state index in [9.17, 15) is 4.79 Å². The molecule has 1 aromatic rings. The summed E-state index contributed by atoms with van der Waals surface area (Å²) in [6, 6.07) is 7.80. The molecule has 1 N–H and O–H groups in total. The summed E-state index contributed by atoms with van der Waals surface area (Å²) in [4.78, 5) is 13.8. The number of amides is 2. The van der Waals surface area contributed by atoms with Crippen molar-refractivity contribution < 1.29 is 19.0 Å². The molecule has 6 heteroatoms. The molecular weight excluding hydrogens is 296 g/mol. The zero-order chi connectivity index (χ0) is 16.9. The van der Waals surface area contributed by atoms with Crippen molar-refractivity contribution in [3.05, 3.63) is 29.8 Å². The molecule has 0 spiro atoms. The normalized spacial score (nSPS) is 10.4. The molecule has 0 heterocycles. The summed E-state index contributed by atoms with van der Waals surface area (Å²) >= 11 is 0. The second-order valence-electron chi connectivity index (χ2n) is 5.17. The second-order valence-corrected chi connectivity index (χ2v) is 5.17. The lowest BCUT2D eigenvalue weighted by Crippen LogP contribution is -2.43. The molecule has 0 bridgehead atoms. The molecule has 0 saturated carbocycles. The van der Waals surface area contributed by atoms with Crippen LogP contribution in [0.25, 0.3) is 0 Å².